The van der Waals surface area contributed by atoms with Crippen LogP contribution in [-0.4, -0.2) is 101 Å². The number of phenolic OH excluding ortho intramolecular Hbond substituents is 2. The Balaban J connectivity index is 1.08. The minimum Gasteiger partial charge on any atom is -0.505 e. The van der Waals surface area contributed by atoms with Gasteiger partial charge in [0.2, 0.25) is 0 Å². The van der Waals surface area contributed by atoms with Crippen LogP contribution in [0.15, 0.2) is 170 Å². The number of non-ortho nitro benzene ring substituents is 2. The van der Waals surface area contributed by atoms with Crippen molar-refractivity contribution in [2.24, 2.45) is 40.9 Å². The highest BCUT2D eigenvalue weighted by Gasteiger charge is 2.26. The first-order valence-electron chi connectivity index (χ1n) is 24.1. The van der Waals surface area contributed by atoms with E-state index in [1.54, 1.807) is 19.1 Å². The second kappa shape index (κ2) is 26.3. The molecule has 0 aliphatic carbocycles. The molecule has 33 nitrogen and oxygen atoms in total. The molecule has 0 bridgehead atoms. The summed E-state index contributed by atoms with van der Waals surface area (Å²) in [7, 11) is -15.2. The lowest BCUT2D eigenvalue weighted by Crippen LogP contribution is -2.02. The molecule has 0 saturated heterocycles. The van der Waals surface area contributed by atoms with Crippen molar-refractivity contribution in [3.05, 3.63) is 141 Å². The second-order valence-electron chi connectivity index (χ2n) is 17.8. The van der Waals surface area contributed by atoms with Gasteiger partial charge in [0, 0.05) is 58.5 Å². The van der Waals surface area contributed by atoms with Gasteiger partial charge in [-0.25, -0.2) is 5.26 Å². The number of benzene rings is 8. The van der Waals surface area contributed by atoms with E-state index >= 15 is 0 Å². The summed E-state index contributed by atoms with van der Waals surface area (Å²) in [6, 6.07) is 21.6. The van der Waals surface area contributed by atoms with Crippen LogP contribution in [0.4, 0.5) is 68.2 Å². The van der Waals surface area contributed by atoms with Crippen LogP contribution in [0.5, 0.6) is 23.0 Å². The summed E-state index contributed by atoms with van der Waals surface area (Å²) < 4.78 is 120. The number of rotatable bonds is 24. The van der Waals surface area contributed by atoms with E-state index in [1.807, 2.05) is 0 Å². The molecule has 9 N–H and O–H groups in total. The van der Waals surface area contributed by atoms with E-state index in [-0.39, 0.29) is 79.8 Å². The average Bonchev–Trinajstić information content (AvgIpc) is 1.20. The number of ether oxygens (including phenoxy) is 2. The molecule has 0 atom stereocenters. The van der Waals surface area contributed by atoms with Crippen molar-refractivity contribution >= 4 is 132 Å². The maximum Gasteiger partial charge on any atom is 0.297 e. The predicted octanol–water partition coefficient (Wildman–Crippen LogP) is 12.2. The van der Waals surface area contributed by atoms with E-state index in [2.05, 4.69) is 51.3 Å². The Morgan fingerprint density at radius 1 is 0.506 bits per heavy atom. The normalized spacial score (nSPS) is 12.4. The quantitative estimate of drug-likeness (QED) is 0.00677. The van der Waals surface area contributed by atoms with Gasteiger partial charge >= 0.3 is 0 Å². The first-order valence-corrected chi connectivity index (χ1v) is 29.2. The van der Waals surface area contributed by atoms with Crippen LogP contribution in [0.3, 0.4) is 0 Å². The highest BCUT2D eigenvalue weighted by molar-refractivity contribution is 7.94. The van der Waals surface area contributed by atoms with E-state index in [0.29, 0.717) is 46.5 Å². The van der Waals surface area contributed by atoms with Crippen LogP contribution in [0, 0.1) is 34.1 Å². The van der Waals surface area contributed by atoms with Gasteiger partial charge in [0.05, 0.1) is 51.4 Å². The number of aromatic hydroxyl groups is 2. The van der Waals surface area contributed by atoms with Gasteiger partial charge in [-0.1, -0.05) is 5.04 Å². The number of azo groups is 4. The number of nitrogens with zero attached hydrogens (tertiary/aromatic N) is 10. The van der Waals surface area contributed by atoms with E-state index < -0.39 is 108 Å². The molecule has 0 spiro atoms. The lowest BCUT2D eigenvalue weighted by molar-refractivity contribution is -0.432. The van der Waals surface area contributed by atoms with Crippen molar-refractivity contribution in [3.8, 4) is 23.0 Å². The van der Waals surface area contributed by atoms with Crippen molar-refractivity contribution in [2.45, 2.75) is 33.4 Å². The molecule has 0 aromatic heterocycles. The Labute approximate surface area is 492 Å². The van der Waals surface area contributed by atoms with Crippen molar-refractivity contribution in [1.29, 1.82) is 0 Å². The summed E-state index contributed by atoms with van der Waals surface area (Å²) in [5.74, 6) is -1.41. The summed E-state index contributed by atoms with van der Waals surface area (Å²) in [6.07, 6.45) is 0. The molecule has 0 radical (unpaired) electrons. The Bertz CT molecular complexity index is 4570. The smallest absolute Gasteiger partial charge is 0.297 e. The minimum absolute atomic E-state index is 0.00260. The molecule has 8 aromatic carbocycles. The first-order chi connectivity index (χ1) is 41.2. The molecule has 8 aromatic rings. The summed E-state index contributed by atoms with van der Waals surface area (Å²) >= 11 is 0.408. The van der Waals surface area contributed by atoms with Crippen LogP contribution in [0.25, 0.3) is 21.5 Å². The number of fused-ring (bicyclic) bond motifs is 2. The number of aliphatic hydroxyl groups is 2. The molecule has 87 heavy (non-hydrogen) atoms. The maximum absolute atomic E-state index is 12.9. The summed E-state index contributed by atoms with van der Waals surface area (Å²) in [5, 5.41) is 114. The van der Waals surface area contributed by atoms with Crippen molar-refractivity contribution in [2.75, 3.05) is 31.7 Å². The molecule has 37 heteroatoms. The Kier molecular flexibility index (Phi) is 19.2. The molecular weight excluding hydrogens is 1230 g/mol. The van der Waals surface area contributed by atoms with Gasteiger partial charge in [-0.3, -0.25) is 33.9 Å². The summed E-state index contributed by atoms with van der Waals surface area (Å²) in [6.45, 7) is 1.47. The summed E-state index contributed by atoms with van der Waals surface area (Å²) in [4.78, 5) is 18.1. The van der Waals surface area contributed by atoms with Crippen LogP contribution < -0.4 is 14.8 Å². The predicted molar refractivity (Wildman–Crippen MR) is 305 cm³/mol. The second-order valence-corrected chi connectivity index (χ2v) is 22.7. The largest absolute Gasteiger partial charge is 0.505 e. The molecule has 0 fully saturated rings. The summed E-state index contributed by atoms with van der Waals surface area (Å²) in [5.41, 5.74) is -1.96. The highest BCUT2D eigenvalue weighted by Crippen LogP contribution is 2.48. The molecule has 0 aliphatic heterocycles. The third kappa shape index (κ3) is 14.9. The SMILES string of the molecule is Cc1cc(N=Nc2c(SOOO)cc3cc(Nc4ccc5c(O)c(N=Nc6cc(C)c(N=Nc7ccc([N+](=O)[O-])cc7S(=O)(=O)O)cc6OCCO)c(S(=O)(=O)O)cc5c4)ccc3c2O)c(OCCO)cc1N=Nc1ccc([N+](=O)[O-])cc1S(=O)(=O)O. The number of nitro groups is 2. The third-order valence-corrected chi connectivity index (χ3v) is 15.2. The van der Waals surface area contributed by atoms with E-state index in [9.17, 15) is 79.6 Å². The van der Waals surface area contributed by atoms with Gasteiger partial charge in [-0.05, 0) is 109 Å². The minimum atomic E-state index is -5.17. The number of nitro benzene ring substituents is 2. The van der Waals surface area contributed by atoms with E-state index in [0.717, 1.165) is 30.3 Å². The van der Waals surface area contributed by atoms with Crippen LogP contribution >= 0.6 is 12.0 Å². The number of hydrogen-bond donors (Lipinski definition) is 9. The van der Waals surface area contributed by atoms with Crippen molar-refractivity contribution in [3.63, 3.8) is 0 Å². The Morgan fingerprint density at radius 3 is 1.34 bits per heavy atom. The van der Waals surface area contributed by atoms with Gasteiger partial charge in [0.15, 0.2) is 11.5 Å². The fourth-order valence-electron chi connectivity index (χ4n) is 8.00. The van der Waals surface area contributed by atoms with Crippen molar-refractivity contribution < 1.29 is 93.3 Å². The zero-order chi connectivity index (χ0) is 63.1. The Morgan fingerprint density at radius 2 is 0.920 bits per heavy atom. The number of nitrogens with one attached hydrogen (secondary N) is 1. The zero-order valence-electron chi connectivity index (χ0n) is 44.1. The number of phenols is 2. The molecular formula is C50H41N11O22S4. The van der Waals surface area contributed by atoms with Crippen LogP contribution in [0.1, 0.15) is 11.1 Å². The third-order valence-electron chi connectivity index (χ3n) is 12.0. The zero-order valence-corrected chi connectivity index (χ0v) is 47.4. The fourth-order valence-corrected chi connectivity index (χ4v) is 10.4. The standard InChI is InChI=1S/C50H41N11O22S4/c1-25-15-39(41(80-13-11-62)23-37(25)54-52-35-9-5-31(60(66)67)21-44(35)85(71,72)73)56-58-47-43(84-83-82-70)19-27-17-29(3-7-33(27)49(47)64)51-30-4-8-34-28(18-30)20-46(87(77,78)79)48(50(34)65)59-57-40-16-26(2)38(24-42(40)81-14-12-63)55-53-36-10-6-32(61(68)69)22-45(36)86(74,75)76/h3-10,15-24,51,62-65,70H,11-14H2,1-2H3,(H,71,72,73)(H,74,75,76)(H,77,78,79). The number of aliphatic hydroxyl groups excluding tert-OH is 2. The monoisotopic (exact) mass is 1280 g/mol. The molecule has 0 amide bonds. The number of anilines is 2. The highest BCUT2D eigenvalue weighted by atomic mass is 32.2. The maximum atomic E-state index is 12.9. The van der Waals surface area contributed by atoms with Crippen LogP contribution in [0.2, 0.25) is 0 Å². The molecule has 0 aliphatic rings. The Hall–Kier alpha value is -9.64. The fraction of sp³-hybridized carbons (Fsp3) is 0.120. The number of aryl methyl sites for hydroxylation is 2. The van der Waals surface area contributed by atoms with E-state index in [4.69, 9.17) is 19.1 Å². The van der Waals surface area contributed by atoms with Gasteiger partial charge < -0.3 is 35.2 Å². The van der Waals surface area contributed by atoms with Gasteiger partial charge in [-0.15, -0.1) is 35.0 Å². The molecule has 0 heterocycles. The molecule has 8 rings (SSSR count). The number of hydrogen-bond acceptors (Lipinski definition) is 29. The molecule has 452 valence electrons. The van der Waals surface area contributed by atoms with Crippen molar-refractivity contribution in [1.82, 2.24) is 0 Å². The van der Waals surface area contributed by atoms with Gasteiger partial charge in [0.25, 0.3) is 41.7 Å². The lowest BCUT2D eigenvalue weighted by atomic mass is 10.1. The lowest BCUT2D eigenvalue weighted by Gasteiger charge is -2.14. The average molecular weight is 1280 g/mol. The topological polar surface area (TPSA) is 498 Å². The van der Waals surface area contributed by atoms with E-state index in [1.165, 1.54) is 61.5 Å². The molecule has 0 unspecified atom stereocenters. The van der Waals surface area contributed by atoms with Gasteiger partial charge in [-0.2, -0.15) is 35.5 Å². The van der Waals surface area contributed by atoms with Gasteiger partial charge in [0.1, 0.15) is 73.5 Å². The molecule has 0 saturated carbocycles. The van der Waals surface area contributed by atoms with Crippen LogP contribution in [-0.2, 0) is 39.7 Å². The first kappa shape index (κ1) is 63.4.